The van der Waals surface area contributed by atoms with E-state index in [1.165, 1.54) is 6.33 Å². The molecule has 3 aromatic rings. The zero-order valence-electron chi connectivity index (χ0n) is 18.3. The molecule has 2 aliphatic heterocycles. The third-order valence-electron chi connectivity index (χ3n) is 5.59. The highest BCUT2D eigenvalue weighted by Gasteiger charge is 2.23. The molecule has 2 aromatic carbocycles. The van der Waals surface area contributed by atoms with Crippen LogP contribution in [0.3, 0.4) is 0 Å². The topological polar surface area (TPSA) is 85.8 Å². The molecule has 8 nitrogen and oxygen atoms in total. The smallest absolute Gasteiger partial charge is 0.315 e. The largest absolute Gasteiger partial charge is 0.496 e. The van der Waals surface area contributed by atoms with E-state index in [9.17, 15) is 4.79 Å². The molecule has 0 atom stereocenters. The molecule has 1 saturated heterocycles. The highest BCUT2D eigenvalue weighted by molar-refractivity contribution is 5.92. The number of aromatic nitrogens is 2. The van der Waals surface area contributed by atoms with Crippen molar-refractivity contribution in [2.75, 3.05) is 38.7 Å². The first kappa shape index (κ1) is 21.0. The Morgan fingerprint density at radius 3 is 2.76 bits per heavy atom. The van der Waals surface area contributed by atoms with E-state index in [1.807, 2.05) is 48.5 Å². The van der Waals surface area contributed by atoms with Crippen LogP contribution < -0.4 is 14.8 Å². The quantitative estimate of drug-likeness (QED) is 0.469. The number of carbonyl (C=O) groups is 1. The summed E-state index contributed by atoms with van der Waals surface area (Å²) in [5.41, 5.74) is 4.26. The maximum absolute atomic E-state index is 12.3. The molecule has 8 heteroatoms. The minimum absolute atomic E-state index is 0.255. The molecule has 3 heterocycles. The number of nitrogens with zero attached hydrogens (tertiary/aromatic N) is 3. The van der Waals surface area contributed by atoms with Crippen LogP contribution in [0.5, 0.6) is 11.5 Å². The average molecular weight is 444 g/mol. The summed E-state index contributed by atoms with van der Waals surface area (Å²) in [5, 5.41) is 3.28. The molecule has 5 rings (SSSR count). The lowest BCUT2D eigenvalue weighted by Gasteiger charge is -2.28. The summed E-state index contributed by atoms with van der Waals surface area (Å²) in [7, 11) is 1.63. The van der Waals surface area contributed by atoms with E-state index in [2.05, 4.69) is 26.4 Å². The van der Waals surface area contributed by atoms with Gasteiger partial charge in [-0.3, -0.25) is 4.79 Å². The van der Waals surface area contributed by atoms with Gasteiger partial charge in [-0.15, -0.1) is 0 Å². The van der Waals surface area contributed by atoms with Crippen LogP contribution in [0.25, 0.3) is 16.8 Å². The maximum Gasteiger partial charge on any atom is 0.315 e. The van der Waals surface area contributed by atoms with E-state index in [0.29, 0.717) is 24.8 Å². The molecule has 2 aliphatic rings. The number of fused-ring (bicyclic) bond motifs is 1. The fraction of sp³-hybridized carbons (Fsp3) is 0.240. The van der Waals surface area contributed by atoms with Gasteiger partial charge in [-0.1, -0.05) is 12.1 Å². The van der Waals surface area contributed by atoms with Gasteiger partial charge in [0.2, 0.25) is 0 Å². The van der Waals surface area contributed by atoms with E-state index in [4.69, 9.17) is 14.2 Å². The van der Waals surface area contributed by atoms with Gasteiger partial charge in [0.25, 0.3) is 0 Å². The highest BCUT2D eigenvalue weighted by Crippen LogP contribution is 2.37. The molecule has 0 spiro atoms. The second-order valence-electron chi connectivity index (χ2n) is 7.78. The van der Waals surface area contributed by atoms with Gasteiger partial charge in [-0.05, 0) is 29.8 Å². The van der Waals surface area contributed by atoms with Crippen molar-refractivity contribution in [1.29, 1.82) is 0 Å². The van der Waals surface area contributed by atoms with Gasteiger partial charge in [0, 0.05) is 48.2 Å². The number of benzene rings is 2. The lowest BCUT2D eigenvalue weighted by atomic mass is 9.99. The molecule has 0 amide bonds. The van der Waals surface area contributed by atoms with Gasteiger partial charge in [0.15, 0.2) is 0 Å². The second kappa shape index (κ2) is 9.30. The third kappa shape index (κ3) is 4.65. The first-order valence-electron chi connectivity index (χ1n) is 10.8. The van der Waals surface area contributed by atoms with E-state index in [1.54, 1.807) is 7.11 Å². The van der Waals surface area contributed by atoms with Crippen molar-refractivity contribution in [2.45, 2.75) is 6.42 Å². The summed E-state index contributed by atoms with van der Waals surface area (Å²) in [5.74, 6) is 1.63. The number of nitrogens with one attached hydrogen (secondary N) is 1. The summed E-state index contributed by atoms with van der Waals surface area (Å²) in [4.78, 5) is 23.2. The van der Waals surface area contributed by atoms with Gasteiger partial charge in [0.05, 0.1) is 32.4 Å². The van der Waals surface area contributed by atoms with Crippen LogP contribution in [-0.2, 0) is 9.53 Å². The van der Waals surface area contributed by atoms with Crippen LogP contribution in [0.2, 0.25) is 0 Å². The Morgan fingerprint density at radius 2 is 1.91 bits per heavy atom. The van der Waals surface area contributed by atoms with Crippen molar-refractivity contribution in [3.8, 4) is 22.8 Å². The van der Waals surface area contributed by atoms with Crippen LogP contribution in [0, 0.1) is 0 Å². The second-order valence-corrected chi connectivity index (χ2v) is 7.78. The molecular weight excluding hydrogens is 420 g/mol. The predicted octanol–water partition coefficient (Wildman–Crippen LogP) is 3.88. The minimum atomic E-state index is -0.264. The molecule has 1 aromatic heterocycles. The molecule has 168 valence electrons. The number of para-hydroxylation sites is 1. The number of carbonyl (C=O) groups excluding carboxylic acids is 1. The molecule has 0 radical (unpaired) electrons. The lowest BCUT2D eigenvalue weighted by Crippen LogP contribution is -2.32. The Labute approximate surface area is 191 Å². The summed E-state index contributed by atoms with van der Waals surface area (Å²) in [6.45, 7) is 3.02. The summed E-state index contributed by atoms with van der Waals surface area (Å²) in [6.07, 6.45) is 3.82. The fourth-order valence-electron chi connectivity index (χ4n) is 3.98. The van der Waals surface area contributed by atoms with Crippen molar-refractivity contribution in [3.63, 3.8) is 0 Å². The van der Waals surface area contributed by atoms with Gasteiger partial charge < -0.3 is 24.4 Å². The van der Waals surface area contributed by atoms with Crippen molar-refractivity contribution < 1.29 is 19.0 Å². The van der Waals surface area contributed by atoms with Crippen molar-refractivity contribution in [1.82, 2.24) is 14.9 Å². The zero-order chi connectivity index (χ0) is 22.6. The van der Waals surface area contributed by atoms with E-state index in [-0.39, 0.29) is 12.4 Å². The molecule has 0 saturated carbocycles. The third-order valence-corrected chi connectivity index (χ3v) is 5.59. The van der Waals surface area contributed by atoms with E-state index >= 15 is 0 Å². The van der Waals surface area contributed by atoms with E-state index < -0.39 is 0 Å². The first-order valence-corrected chi connectivity index (χ1v) is 10.8. The van der Waals surface area contributed by atoms with E-state index in [0.717, 1.165) is 46.9 Å². The standard InChI is InChI=1S/C25H24N4O4/c1-31-22-5-3-2-4-20(22)21-14-24(27-16-26-21)28-18-6-7-19-17(12-25(30)33-23(19)13-18)15-29-8-10-32-11-9-29/h2-7,13-16H,8-12H2,1H3,(H,26,27,28). The number of hydrogen-bond acceptors (Lipinski definition) is 8. The monoisotopic (exact) mass is 444 g/mol. The van der Waals surface area contributed by atoms with Crippen LogP contribution in [0.1, 0.15) is 12.0 Å². The Bertz CT molecular complexity index is 1200. The van der Waals surface area contributed by atoms with Crippen LogP contribution in [-0.4, -0.2) is 54.3 Å². The number of esters is 1. The first-order chi connectivity index (χ1) is 16.2. The Kier molecular flexibility index (Phi) is 5.91. The van der Waals surface area contributed by atoms with Gasteiger partial charge >= 0.3 is 5.97 Å². The number of rotatable bonds is 5. The number of anilines is 2. The zero-order valence-corrected chi connectivity index (χ0v) is 18.3. The normalized spacial score (nSPS) is 16.8. The van der Waals surface area contributed by atoms with Gasteiger partial charge in [-0.2, -0.15) is 0 Å². The fourth-order valence-corrected chi connectivity index (χ4v) is 3.98. The van der Waals surface area contributed by atoms with Crippen LogP contribution in [0.15, 0.2) is 61.1 Å². The predicted molar refractivity (Wildman–Crippen MR) is 124 cm³/mol. The molecule has 33 heavy (non-hydrogen) atoms. The number of methoxy groups -OCH3 is 1. The molecule has 0 aliphatic carbocycles. The molecular formula is C25H24N4O4. The van der Waals surface area contributed by atoms with Gasteiger partial charge in [-0.25, -0.2) is 9.97 Å². The Balaban J connectivity index is 1.40. The molecule has 0 bridgehead atoms. The number of hydrogen-bond donors (Lipinski definition) is 1. The minimum Gasteiger partial charge on any atom is -0.496 e. The molecule has 1 N–H and O–H groups in total. The number of morpholine rings is 1. The summed E-state index contributed by atoms with van der Waals surface area (Å²) in [6, 6.07) is 15.3. The Morgan fingerprint density at radius 1 is 1.06 bits per heavy atom. The number of ether oxygens (including phenoxy) is 3. The van der Waals surface area contributed by atoms with Gasteiger partial charge in [0.1, 0.15) is 23.6 Å². The van der Waals surface area contributed by atoms with Crippen molar-refractivity contribution in [2.24, 2.45) is 0 Å². The maximum atomic E-state index is 12.3. The summed E-state index contributed by atoms with van der Waals surface area (Å²) >= 11 is 0. The highest BCUT2D eigenvalue weighted by atomic mass is 16.5. The van der Waals surface area contributed by atoms with Crippen molar-refractivity contribution >= 4 is 23.0 Å². The lowest BCUT2D eigenvalue weighted by molar-refractivity contribution is -0.133. The molecule has 1 fully saturated rings. The average Bonchev–Trinajstić information content (AvgIpc) is 2.84. The summed E-state index contributed by atoms with van der Waals surface area (Å²) < 4.78 is 16.4. The SMILES string of the molecule is COc1ccccc1-c1cc(Nc2ccc3c(c2)OC(=O)CC3=CN2CCOCC2)ncn1. The van der Waals surface area contributed by atoms with Crippen molar-refractivity contribution in [3.05, 3.63) is 66.6 Å². The van der Waals surface area contributed by atoms with Crippen LogP contribution >= 0.6 is 0 Å². The Hall–Kier alpha value is -3.91. The molecule has 0 unspecified atom stereocenters. The van der Waals surface area contributed by atoms with Crippen LogP contribution in [0.4, 0.5) is 11.5 Å².